The predicted octanol–water partition coefficient (Wildman–Crippen LogP) is 7.39. The number of nitrogens with one attached hydrogen (secondary N) is 1. The van der Waals surface area contributed by atoms with E-state index in [-0.39, 0.29) is 0 Å². The van der Waals surface area contributed by atoms with Gasteiger partial charge in [-0.1, -0.05) is 57.1 Å². The minimum atomic E-state index is 0.944. The topological polar surface area (TPSA) is 28.7 Å². The Hall–Kier alpha value is -2.35. The van der Waals surface area contributed by atoms with E-state index in [2.05, 4.69) is 74.1 Å². The molecule has 0 amide bonds. The Morgan fingerprint density at radius 2 is 2.00 bits per heavy atom. The van der Waals surface area contributed by atoms with Crippen LogP contribution in [0, 0.1) is 0 Å². The van der Waals surface area contributed by atoms with Crippen molar-refractivity contribution in [3.63, 3.8) is 0 Å². The van der Waals surface area contributed by atoms with Crippen molar-refractivity contribution in [2.24, 2.45) is 0 Å². The summed E-state index contributed by atoms with van der Waals surface area (Å²) in [6, 6.07) is 4.11. The molecule has 2 rings (SSSR count). The molecule has 2 nitrogen and oxygen atoms in total. The highest BCUT2D eigenvalue weighted by Crippen LogP contribution is 2.23. The number of pyridine rings is 1. The Kier molecular flexibility index (Phi) is 8.14. The second-order valence-corrected chi connectivity index (χ2v) is 6.65. The van der Waals surface area contributed by atoms with Gasteiger partial charge in [-0.3, -0.25) is 0 Å². The molecule has 0 unspecified atom stereocenters. The van der Waals surface area contributed by atoms with Gasteiger partial charge in [0.2, 0.25) is 0 Å². The number of aromatic amines is 1. The predicted molar refractivity (Wildman–Crippen MR) is 115 cm³/mol. The maximum absolute atomic E-state index is 4.39. The summed E-state index contributed by atoms with van der Waals surface area (Å²) in [6.45, 7) is 8.88. The third-order valence-corrected chi connectivity index (χ3v) is 4.51. The molecule has 2 aromatic heterocycles. The van der Waals surface area contributed by atoms with E-state index in [1.807, 2.05) is 18.5 Å². The molecule has 0 aliphatic rings. The van der Waals surface area contributed by atoms with Crippen LogP contribution in [0.5, 0.6) is 0 Å². The molecule has 0 saturated heterocycles. The molecular formula is C24H32N2. The number of hydrogen-bond acceptors (Lipinski definition) is 1. The van der Waals surface area contributed by atoms with Crippen molar-refractivity contribution in [3.05, 3.63) is 71.1 Å². The summed E-state index contributed by atoms with van der Waals surface area (Å²) in [7, 11) is 0. The first-order valence-electron chi connectivity index (χ1n) is 9.84. The summed E-state index contributed by atoms with van der Waals surface area (Å²) in [4.78, 5) is 7.65. The molecule has 0 aliphatic carbocycles. The number of aromatic nitrogens is 2. The van der Waals surface area contributed by atoms with Crippen LogP contribution in [0.2, 0.25) is 0 Å². The minimum absolute atomic E-state index is 0.944. The molecule has 0 radical (unpaired) electrons. The monoisotopic (exact) mass is 348 g/mol. The molecule has 0 fully saturated rings. The fourth-order valence-electron chi connectivity index (χ4n) is 3.12. The van der Waals surface area contributed by atoms with Gasteiger partial charge in [0.25, 0.3) is 0 Å². The lowest BCUT2D eigenvalue weighted by atomic mass is 9.98. The van der Waals surface area contributed by atoms with Crippen LogP contribution in [-0.4, -0.2) is 9.97 Å². The molecule has 2 aromatic rings. The van der Waals surface area contributed by atoms with E-state index >= 15 is 0 Å². The number of H-pyrrole nitrogens is 1. The zero-order valence-electron chi connectivity index (χ0n) is 16.7. The van der Waals surface area contributed by atoms with Gasteiger partial charge in [0.15, 0.2) is 0 Å². The van der Waals surface area contributed by atoms with Crippen molar-refractivity contribution < 1.29 is 0 Å². The number of rotatable bonds is 9. The number of nitrogens with zero attached hydrogens (tertiary/aromatic N) is 1. The van der Waals surface area contributed by atoms with Gasteiger partial charge in [-0.25, -0.2) is 4.98 Å². The minimum Gasteiger partial charge on any atom is -0.346 e. The first kappa shape index (κ1) is 20.0. The highest BCUT2D eigenvalue weighted by molar-refractivity contribution is 5.86. The number of hydrogen-bond donors (Lipinski definition) is 1. The van der Waals surface area contributed by atoms with Crippen molar-refractivity contribution in [3.8, 4) is 0 Å². The first-order valence-corrected chi connectivity index (χ1v) is 9.84. The lowest BCUT2D eigenvalue weighted by Gasteiger charge is -2.07. The van der Waals surface area contributed by atoms with Crippen LogP contribution in [0.3, 0.4) is 0 Å². The van der Waals surface area contributed by atoms with Crippen molar-refractivity contribution >= 4 is 17.1 Å². The fraction of sp³-hybridized carbons (Fsp3) is 0.375. The van der Waals surface area contributed by atoms with Gasteiger partial charge in [-0.05, 0) is 62.0 Å². The summed E-state index contributed by atoms with van der Waals surface area (Å²) in [5.41, 5.74) is 6.37. The third kappa shape index (κ3) is 5.59. The van der Waals surface area contributed by atoms with Crippen molar-refractivity contribution in [1.29, 1.82) is 0 Å². The second kappa shape index (κ2) is 10.6. The van der Waals surface area contributed by atoms with Gasteiger partial charge in [0.1, 0.15) is 5.65 Å². The molecule has 26 heavy (non-hydrogen) atoms. The number of allylic oxidation sites excluding steroid dienone is 7. The molecular weight excluding hydrogens is 316 g/mol. The van der Waals surface area contributed by atoms with Crippen LogP contribution < -0.4 is 0 Å². The van der Waals surface area contributed by atoms with E-state index in [0.29, 0.717) is 0 Å². The van der Waals surface area contributed by atoms with Crippen LogP contribution in [-0.2, 0) is 0 Å². The lowest BCUT2D eigenvalue weighted by molar-refractivity contribution is 0.900. The zero-order valence-corrected chi connectivity index (χ0v) is 16.7. The smallest absolute Gasteiger partial charge is 0.137 e. The summed E-state index contributed by atoms with van der Waals surface area (Å²) in [5.74, 6) is 0. The average molecular weight is 349 g/mol. The largest absolute Gasteiger partial charge is 0.346 e. The highest BCUT2D eigenvalue weighted by atomic mass is 14.8. The van der Waals surface area contributed by atoms with E-state index in [0.717, 1.165) is 31.3 Å². The van der Waals surface area contributed by atoms with Crippen LogP contribution in [0.25, 0.3) is 17.1 Å². The van der Waals surface area contributed by atoms with E-state index in [1.165, 1.54) is 34.1 Å². The van der Waals surface area contributed by atoms with E-state index < -0.39 is 0 Å². The quantitative estimate of drug-likeness (QED) is 0.470. The van der Waals surface area contributed by atoms with Crippen molar-refractivity contribution in [1.82, 2.24) is 9.97 Å². The molecule has 0 aliphatic heterocycles. The summed E-state index contributed by atoms with van der Waals surface area (Å²) in [6.07, 6.45) is 20.8. The molecule has 0 spiro atoms. The average Bonchev–Trinajstić information content (AvgIpc) is 3.06. The van der Waals surface area contributed by atoms with Gasteiger partial charge in [-0.2, -0.15) is 0 Å². The van der Waals surface area contributed by atoms with Gasteiger partial charge in [0, 0.05) is 23.3 Å². The van der Waals surface area contributed by atoms with Crippen molar-refractivity contribution in [2.75, 3.05) is 0 Å². The van der Waals surface area contributed by atoms with Crippen molar-refractivity contribution in [2.45, 2.75) is 59.8 Å². The Balaban J connectivity index is 2.28. The van der Waals surface area contributed by atoms with Gasteiger partial charge >= 0.3 is 0 Å². The van der Waals surface area contributed by atoms with E-state index in [9.17, 15) is 0 Å². The Morgan fingerprint density at radius 1 is 1.15 bits per heavy atom. The Morgan fingerprint density at radius 3 is 2.73 bits per heavy atom. The van der Waals surface area contributed by atoms with Crippen LogP contribution in [0.4, 0.5) is 0 Å². The van der Waals surface area contributed by atoms with Gasteiger partial charge in [0.05, 0.1) is 0 Å². The zero-order chi connectivity index (χ0) is 18.8. The maximum atomic E-state index is 4.39. The Labute approximate surface area is 158 Å². The molecule has 2 heterocycles. The standard InChI is InChI=1S/C24H32N2/c1-5-8-12-20(15-14-19(4)21(10-6-2)11-7-3)17-22-18-26-24-23(22)13-9-16-25-24/h8-10,12-14,16-18H,5-7,11,15H2,1-4H3,(H,25,26)/b12-8+,19-14+,20-17-,21-10+. The fourth-order valence-corrected chi connectivity index (χ4v) is 3.12. The maximum Gasteiger partial charge on any atom is 0.137 e. The molecule has 2 heteroatoms. The third-order valence-electron chi connectivity index (χ3n) is 4.51. The van der Waals surface area contributed by atoms with Crippen LogP contribution >= 0.6 is 0 Å². The molecule has 0 aromatic carbocycles. The first-order chi connectivity index (χ1) is 12.7. The molecule has 1 N–H and O–H groups in total. The molecule has 0 bridgehead atoms. The summed E-state index contributed by atoms with van der Waals surface area (Å²) in [5, 5.41) is 1.17. The van der Waals surface area contributed by atoms with Gasteiger partial charge in [-0.15, -0.1) is 0 Å². The van der Waals surface area contributed by atoms with Crippen LogP contribution in [0.15, 0.2) is 65.5 Å². The highest BCUT2D eigenvalue weighted by Gasteiger charge is 2.03. The molecule has 0 saturated carbocycles. The normalized spacial score (nSPS) is 13.9. The van der Waals surface area contributed by atoms with E-state index in [1.54, 1.807) is 0 Å². The number of fused-ring (bicyclic) bond motifs is 1. The summed E-state index contributed by atoms with van der Waals surface area (Å²) >= 11 is 0. The molecule has 138 valence electrons. The lowest BCUT2D eigenvalue weighted by Crippen LogP contribution is -1.87. The van der Waals surface area contributed by atoms with E-state index in [4.69, 9.17) is 0 Å². The second-order valence-electron chi connectivity index (χ2n) is 6.65. The SMILES string of the molecule is CC/C=C/C(=C/c1c[nH]c2ncccc12)C/C=C(C)/C(=C/CC)CCC. The molecule has 0 atom stereocenters. The summed E-state index contributed by atoms with van der Waals surface area (Å²) < 4.78 is 0. The van der Waals surface area contributed by atoms with Gasteiger partial charge < -0.3 is 4.98 Å². The Bertz CT molecular complexity index is 816. The van der Waals surface area contributed by atoms with Crippen LogP contribution in [0.1, 0.15) is 65.4 Å².